The van der Waals surface area contributed by atoms with Crippen molar-refractivity contribution >= 4 is 27.3 Å². The molecule has 1 aliphatic heterocycles. The minimum Gasteiger partial charge on any atom is -0.356 e. The lowest BCUT2D eigenvalue weighted by molar-refractivity contribution is -0.121. The number of amides is 2. The van der Waals surface area contributed by atoms with E-state index in [0.29, 0.717) is 13.0 Å². The number of sulfone groups is 1. The third-order valence-corrected chi connectivity index (χ3v) is 8.25. The molecule has 0 bridgehead atoms. The molecular formula is C24H32N2O4S. The lowest BCUT2D eigenvalue weighted by Gasteiger charge is -2.22. The highest BCUT2D eigenvalue weighted by molar-refractivity contribution is 7.91. The Kier molecular flexibility index (Phi) is 6.51. The van der Waals surface area contributed by atoms with E-state index in [2.05, 4.69) is 11.4 Å². The molecule has 1 fully saturated rings. The predicted molar refractivity (Wildman–Crippen MR) is 121 cm³/mol. The number of fused-ring (bicyclic) bond motifs is 1. The Labute approximate surface area is 185 Å². The van der Waals surface area contributed by atoms with Crippen molar-refractivity contribution in [2.24, 2.45) is 5.92 Å². The van der Waals surface area contributed by atoms with Crippen LogP contribution in [0.25, 0.3) is 0 Å². The van der Waals surface area contributed by atoms with Gasteiger partial charge in [-0.3, -0.25) is 9.59 Å². The number of benzene rings is 1. The van der Waals surface area contributed by atoms with E-state index in [1.165, 1.54) is 18.4 Å². The van der Waals surface area contributed by atoms with Gasteiger partial charge in [-0.25, -0.2) is 8.42 Å². The smallest absolute Gasteiger partial charge is 0.230 e. The highest BCUT2D eigenvalue weighted by Crippen LogP contribution is 2.39. The second-order valence-corrected chi connectivity index (χ2v) is 11.2. The Hall–Kier alpha value is -2.15. The Morgan fingerprint density at radius 2 is 2.00 bits per heavy atom. The fourth-order valence-electron chi connectivity index (χ4n) is 4.59. The number of nitrogens with one attached hydrogen (secondary N) is 1. The number of hydrogen-bond acceptors (Lipinski definition) is 4. The molecular weight excluding hydrogens is 412 g/mol. The summed E-state index contributed by atoms with van der Waals surface area (Å²) in [7, 11) is -3.56. The molecule has 3 aliphatic rings. The number of allylic oxidation sites excluding steroid dienone is 1. The molecule has 0 radical (unpaired) electrons. The average Bonchev–Trinajstić information content (AvgIpc) is 3.54. The quantitative estimate of drug-likeness (QED) is 0.622. The van der Waals surface area contributed by atoms with Crippen LogP contribution in [0, 0.1) is 5.92 Å². The number of carbonyl (C=O) groups excluding carboxylic acids is 2. The zero-order valence-corrected chi connectivity index (χ0v) is 19.0. The Balaban J connectivity index is 1.32. The van der Waals surface area contributed by atoms with Crippen LogP contribution >= 0.6 is 0 Å². The molecule has 1 aromatic carbocycles. The summed E-state index contributed by atoms with van der Waals surface area (Å²) in [6, 6.07) is 5.07. The molecule has 1 saturated carbocycles. The predicted octanol–water partition coefficient (Wildman–Crippen LogP) is 3.54. The van der Waals surface area contributed by atoms with E-state index < -0.39 is 9.84 Å². The van der Waals surface area contributed by atoms with Crippen molar-refractivity contribution in [3.8, 4) is 0 Å². The maximum absolute atomic E-state index is 12.8. The normalized spacial score (nSPS) is 20.9. The highest BCUT2D eigenvalue weighted by atomic mass is 32.2. The molecule has 2 amide bonds. The molecule has 7 heteroatoms. The second kappa shape index (κ2) is 9.15. The standard InChI is InChI=1S/C24H32N2O4S/c1-17-15-20-16-21(9-10-22(20)26(17)24(28)19-7-8-19)31(29,30)14-12-23(27)25-13-11-18-5-3-2-4-6-18/h5,9-10,16-17,19H,2-4,6-8,11-15H2,1H3,(H,25,27). The van der Waals surface area contributed by atoms with Crippen LogP contribution in [0.4, 0.5) is 5.69 Å². The zero-order chi connectivity index (χ0) is 22.0. The molecule has 0 spiro atoms. The van der Waals surface area contributed by atoms with Gasteiger partial charge in [0.05, 0.1) is 10.6 Å². The number of anilines is 1. The molecule has 1 N–H and O–H groups in total. The van der Waals surface area contributed by atoms with E-state index in [1.54, 1.807) is 18.2 Å². The van der Waals surface area contributed by atoms with E-state index in [1.807, 2.05) is 11.8 Å². The lowest BCUT2D eigenvalue weighted by atomic mass is 9.97. The summed E-state index contributed by atoms with van der Waals surface area (Å²) < 4.78 is 25.6. The maximum atomic E-state index is 12.8. The van der Waals surface area contributed by atoms with Gasteiger partial charge in [0, 0.05) is 30.6 Å². The largest absolute Gasteiger partial charge is 0.356 e. The summed E-state index contributed by atoms with van der Waals surface area (Å²) in [5.74, 6) is -0.149. The molecule has 31 heavy (non-hydrogen) atoms. The van der Waals surface area contributed by atoms with Crippen molar-refractivity contribution in [1.29, 1.82) is 0 Å². The Bertz CT molecular complexity index is 995. The van der Waals surface area contributed by atoms with Crippen molar-refractivity contribution < 1.29 is 18.0 Å². The van der Waals surface area contributed by atoms with Gasteiger partial charge in [-0.1, -0.05) is 11.6 Å². The van der Waals surface area contributed by atoms with E-state index >= 15 is 0 Å². The first kappa shape index (κ1) is 22.1. The average molecular weight is 445 g/mol. The Morgan fingerprint density at radius 1 is 1.19 bits per heavy atom. The molecule has 2 aliphatic carbocycles. The molecule has 1 unspecified atom stereocenters. The minimum absolute atomic E-state index is 0.0405. The van der Waals surface area contributed by atoms with Crippen molar-refractivity contribution in [1.82, 2.24) is 5.32 Å². The van der Waals surface area contributed by atoms with Crippen molar-refractivity contribution in [2.75, 3.05) is 17.2 Å². The summed E-state index contributed by atoms with van der Waals surface area (Å²) in [5.41, 5.74) is 3.12. The van der Waals surface area contributed by atoms with E-state index in [9.17, 15) is 18.0 Å². The summed E-state index contributed by atoms with van der Waals surface area (Å²) >= 11 is 0. The van der Waals surface area contributed by atoms with Gasteiger partial charge < -0.3 is 10.2 Å². The highest BCUT2D eigenvalue weighted by Gasteiger charge is 2.39. The number of hydrogen-bond donors (Lipinski definition) is 1. The van der Waals surface area contributed by atoms with Gasteiger partial charge >= 0.3 is 0 Å². The molecule has 1 atom stereocenters. The van der Waals surface area contributed by atoms with Gasteiger partial charge in [-0.15, -0.1) is 0 Å². The van der Waals surface area contributed by atoms with Crippen molar-refractivity contribution in [2.45, 2.75) is 75.6 Å². The number of nitrogens with zero attached hydrogens (tertiary/aromatic N) is 1. The summed E-state index contributed by atoms with van der Waals surface area (Å²) in [5, 5.41) is 2.85. The zero-order valence-electron chi connectivity index (χ0n) is 18.2. The summed E-state index contributed by atoms with van der Waals surface area (Å²) in [4.78, 5) is 26.8. The minimum atomic E-state index is -3.56. The van der Waals surface area contributed by atoms with Gasteiger partial charge in [-0.05, 0) is 82.1 Å². The molecule has 0 aromatic heterocycles. The molecule has 1 aromatic rings. The van der Waals surface area contributed by atoms with Crippen molar-refractivity contribution in [3.63, 3.8) is 0 Å². The maximum Gasteiger partial charge on any atom is 0.230 e. The monoisotopic (exact) mass is 444 g/mol. The van der Waals surface area contributed by atoms with Gasteiger partial charge in [0.25, 0.3) is 0 Å². The fourth-order valence-corrected chi connectivity index (χ4v) is 5.88. The lowest BCUT2D eigenvalue weighted by Crippen LogP contribution is -2.36. The van der Waals surface area contributed by atoms with E-state index in [0.717, 1.165) is 43.4 Å². The van der Waals surface area contributed by atoms with Crippen LogP contribution in [-0.4, -0.2) is 38.6 Å². The van der Waals surface area contributed by atoms with Crippen LogP contribution in [0.3, 0.4) is 0 Å². The first-order valence-electron chi connectivity index (χ1n) is 11.5. The SMILES string of the molecule is CC1Cc2cc(S(=O)(=O)CCC(=O)NCCC3=CCCCC3)ccc2N1C(=O)C1CC1. The van der Waals surface area contributed by atoms with Gasteiger partial charge in [-0.2, -0.15) is 0 Å². The molecule has 1 heterocycles. The first-order chi connectivity index (χ1) is 14.8. The summed E-state index contributed by atoms with van der Waals surface area (Å²) in [6.07, 6.45) is 10.3. The van der Waals surface area contributed by atoms with E-state index in [-0.39, 0.29) is 40.8 Å². The van der Waals surface area contributed by atoms with Gasteiger partial charge in [0.2, 0.25) is 11.8 Å². The number of rotatable bonds is 8. The fraction of sp³-hybridized carbons (Fsp3) is 0.583. The topological polar surface area (TPSA) is 83.6 Å². The molecule has 168 valence electrons. The Morgan fingerprint density at radius 3 is 2.71 bits per heavy atom. The number of carbonyl (C=O) groups is 2. The van der Waals surface area contributed by atoms with Crippen molar-refractivity contribution in [3.05, 3.63) is 35.4 Å². The van der Waals surface area contributed by atoms with Gasteiger partial charge in [0.1, 0.15) is 0 Å². The third-order valence-electron chi connectivity index (χ3n) is 6.54. The van der Waals surface area contributed by atoms with Crippen LogP contribution in [0.15, 0.2) is 34.7 Å². The van der Waals surface area contributed by atoms with Crippen LogP contribution < -0.4 is 10.2 Å². The van der Waals surface area contributed by atoms with Crippen LogP contribution in [0.1, 0.15) is 63.9 Å². The second-order valence-electron chi connectivity index (χ2n) is 9.10. The van der Waals surface area contributed by atoms with E-state index in [4.69, 9.17) is 0 Å². The summed E-state index contributed by atoms with van der Waals surface area (Å²) in [6.45, 7) is 2.56. The molecule has 6 nitrogen and oxygen atoms in total. The first-order valence-corrected chi connectivity index (χ1v) is 13.1. The third kappa shape index (κ3) is 5.20. The van der Waals surface area contributed by atoms with Gasteiger partial charge in [0.15, 0.2) is 9.84 Å². The molecule has 4 rings (SSSR count). The van der Waals surface area contributed by atoms with Crippen LogP contribution in [-0.2, 0) is 25.8 Å². The van der Waals surface area contributed by atoms with Crippen LogP contribution in [0.2, 0.25) is 0 Å². The van der Waals surface area contributed by atoms with Crippen LogP contribution in [0.5, 0.6) is 0 Å². The molecule has 0 saturated heterocycles.